The minimum absolute atomic E-state index is 0.0728. The molecule has 1 amide bonds. The molecule has 0 saturated carbocycles. The Labute approximate surface area is 174 Å². The maximum absolute atomic E-state index is 13.1. The lowest BCUT2D eigenvalue weighted by molar-refractivity contribution is 0.0939. The Bertz CT molecular complexity index is 1150. The van der Waals surface area contributed by atoms with Crippen molar-refractivity contribution in [2.45, 2.75) is 17.9 Å². The second kappa shape index (κ2) is 8.62. The first kappa shape index (κ1) is 21.4. The van der Waals surface area contributed by atoms with Crippen LogP contribution in [0.4, 0.5) is 14.5 Å². The lowest BCUT2D eigenvalue weighted by Crippen LogP contribution is -2.28. The maximum atomic E-state index is 13.1. The van der Waals surface area contributed by atoms with Gasteiger partial charge in [-0.2, -0.15) is 0 Å². The predicted octanol–water partition coefficient (Wildman–Crippen LogP) is 4.28. The van der Waals surface area contributed by atoms with Gasteiger partial charge in [0.05, 0.1) is 16.6 Å². The van der Waals surface area contributed by atoms with Gasteiger partial charge in [-0.1, -0.05) is 18.2 Å². The van der Waals surface area contributed by atoms with Crippen molar-refractivity contribution in [2.75, 3.05) is 11.4 Å². The van der Waals surface area contributed by atoms with E-state index >= 15 is 0 Å². The van der Waals surface area contributed by atoms with Crippen LogP contribution in [0.5, 0.6) is 0 Å². The summed E-state index contributed by atoms with van der Waals surface area (Å²) in [7, 11) is -2.60. The fraction of sp³-hybridized carbons (Fsp3) is 0.136. The van der Waals surface area contributed by atoms with Gasteiger partial charge in [0.25, 0.3) is 15.9 Å². The zero-order chi connectivity index (χ0) is 21.9. The van der Waals surface area contributed by atoms with E-state index < -0.39 is 27.8 Å². The third kappa shape index (κ3) is 4.65. The molecule has 0 aromatic heterocycles. The maximum Gasteiger partial charge on any atom is 0.264 e. The molecule has 0 radical (unpaired) electrons. The highest BCUT2D eigenvalue weighted by molar-refractivity contribution is 7.92. The first-order valence-electron chi connectivity index (χ1n) is 9.09. The monoisotopic (exact) mass is 430 g/mol. The van der Waals surface area contributed by atoms with Gasteiger partial charge in [0.2, 0.25) is 0 Å². The van der Waals surface area contributed by atoms with Gasteiger partial charge in [0, 0.05) is 12.6 Å². The Morgan fingerprint density at radius 2 is 1.50 bits per heavy atom. The van der Waals surface area contributed by atoms with Gasteiger partial charge in [-0.3, -0.25) is 9.10 Å². The fourth-order valence-corrected chi connectivity index (χ4v) is 4.10. The molecule has 0 spiro atoms. The molecule has 0 aliphatic carbocycles. The molecule has 0 aliphatic heterocycles. The van der Waals surface area contributed by atoms with Gasteiger partial charge in [-0.05, 0) is 67.1 Å². The molecule has 30 heavy (non-hydrogen) atoms. The summed E-state index contributed by atoms with van der Waals surface area (Å²) in [5, 5.41) is 2.77. The highest BCUT2D eigenvalue weighted by Crippen LogP contribution is 2.23. The van der Waals surface area contributed by atoms with Crippen molar-refractivity contribution in [3.05, 3.63) is 95.6 Å². The smallest absolute Gasteiger partial charge is 0.264 e. The van der Waals surface area contributed by atoms with Crippen molar-refractivity contribution < 1.29 is 22.0 Å². The molecule has 3 aromatic carbocycles. The van der Waals surface area contributed by atoms with Crippen LogP contribution in [-0.4, -0.2) is 21.4 Å². The van der Waals surface area contributed by atoms with Crippen molar-refractivity contribution in [3.8, 4) is 0 Å². The number of hydrogen-bond acceptors (Lipinski definition) is 3. The van der Waals surface area contributed by atoms with E-state index in [-0.39, 0.29) is 22.0 Å². The van der Waals surface area contributed by atoms with E-state index in [1.165, 1.54) is 67.7 Å². The van der Waals surface area contributed by atoms with Crippen LogP contribution in [0.2, 0.25) is 0 Å². The number of halogens is 2. The van der Waals surface area contributed by atoms with Crippen LogP contribution in [0.15, 0.2) is 77.7 Å². The quantitative estimate of drug-likeness (QED) is 0.635. The van der Waals surface area contributed by atoms with E-state index in [2.05, 4.69) is 5.32 Å². The molecular formula is C22H20F2N2O3S. The van der Waals surface area contributed by atoms with Gasteiger partial charge in [-0.25, -0.2) is 17.2 Å². The van der Waals surface area contributed by atoms with Gasteiger partial charge in [-0.15, -0.1) is 0 Å². The van der Waals surface area contributed by atoms with E-state index in [1.54, 1.807) is 19.1 Å². The summed E-state index contributed by atoms with van der Waals surface area (Å²) in [5.41, 5.74) is 1.17. The van der Waals surface area contributed by atoms with E-state index in [0.717, 1.165) is 4.31 Å². The zero-order valence-corrected chi connectivity index (χ0v) is 17.2. The molecular weight excluding hydrogens is 410 g/mol. The predicted molar refractivity (Wildman–Crippen MR) is 111 cm³/mol. The number of sulfonamides is 1. The Morgan fingerprint density at radius 3 is 2.10 bits per heavy atom. The minimum Gasteiger partial charge on any atom is -0.346 e. The van der Waals surface area contributed by atoms with Crippen LogP contribution in [0.1, 0.15) is 28.9 Å². The Balaban J connectivity index is 1.81. The van der Waals surface area contributed by atoms with Crippen molar-refractivity contribution in [2.24, 2.45) is 0 Å². The highest BCUT2D eigenvalue weighted by atomic mass is 32.2. The fourth-order valence-electron chi connectivity index (χ4n) is 2.86. The first-order chi connectivity index (χ1) is 14.2. The van der Waals surface area contributed by atoms with Gasteiger partial charge in [0.1, 0.15) is 11.6 Å². The number of nitrogens with one attached hydrogen (secondary N) is 1. The first-order valence-corrected chi connectivity index (χ1v) is 10.5. The largest absolute Gasteiger partial charge is 0.346 e. The van der Waals surface area contributed by atoms with E-state index in [1.807, 2.05) is 0 Å². The van der Waals surface area contributed by atoms with E-state index in [9.17, 15) is 22.0 Å². The van der Waals surface area contributed by atoms with Gasteiger partial charge in [0.15, 0.2) is 0 Å². The number of carbonyl (C=O) groups excluding carboxylic acids is 1. The molecule has 1 atom stereocenters. The zero-order valence-electron chi connectivity index (χ0n) is 16.3. The van der Waals surface area contributed by atoms with Crippen molar-refractivity contribution in [1.29, 1.82) is 0 Å². The van der Waals surface area contributed by atoms with Crippen LogP contribution >= 0.6 is 0 Å². The second-order valence-electron chi connectivity index (χ2n) is 6.72. The van der Waals surface area contributed by atoms with Crippen LogP contribution in [0.25, 0.3) is 0 Å². The Morgan fingerprint density at radius 1 is 0.933 bits per heavy atom. The van der Waals surface area contributed by atoms with E-state index in [0.29, 0.717) is 5.56 Å². The van der Waals surface area contributed by atoms with E-state index in [4.69, 9.17) is 0 Å². The summed E-state index contributed by atoms with van der Waals surface area (Å²) < 4.78 is 53.1. The number of hydrogen-bond donors (Lipinski definition) is 1. The average Bonchev–Trinajstić information content (AvgIpc) is 2.74. The minimum atomic E-state index is -3.96. The summed E-state index contributed by atoms with van der Waals surface area (Å²) >= 11 is 0. The third-order valence-corrected chi connectivity index (χ3v) is 6.44. The molecule has 0 heterocycles. The molecule has 3 rings (SSSR count). The van der Waals surface area contributed by atoms with Crippen LogP contribution in [0, 0.1) is 11.6 Å². The van der Waals surface area contributed by atoms with Crippen molar-refractivity contribution in [3.63, 3.8) is 0 Å². The van der Waals surface area contributed by atoms with Gasteiger partial charge < -0.3 is 5.32 Å². The molecule has 0 saturated heterocycles. The lowest BCUT2D eigenvalue weighted by Gasteiger charge is -2.20. The van der Waals surface area contributed by atoms with Crippen molar-refractivity contribution >= 4 is 21.6 Å². The number of nitrogens with zero attached hydrogens (tertiary/aromatic N) is 1. The molecule has 8 heteroatoms. The molecule has 3 aromatic rings. The number of amides is 1. The molecule has 0 fully saturated rings. The number of rotatable bonds is 6. The van der Waals surface area contributed by atoms with Gasteiger partial charge >= 0.3 is 0 Å². The third-order valence-electron chi connectivity index (χ3n) is 4.66. The molecule has 156 valence electrons. The summed E-state index contributed by atoms with van der Waals surface area (Å²) in [5.74, 6) is -1.31. The van der Waals surface area contributed by atoms with Crippen LogP contribution < -0.4 is 9.62 Å². The molecule has 1 unspecified atom stereocenters. The van der Waals surface area contributed by atoms with Crippen molar-refractivity contribution in [1.82, 2.24) is 5.32 Å². The normalized spacial score (nSPS) is 12.3. The highest BCUT2D eigenvalue weighted by Gasteiger charge is 2.23. The Kier molecular flexibility index (Phi) is 6.17. The number of anilines is 1. The van der Waals surface area contributed by atoms with Crippen LogP contribution in [-0.2, 0) is 10.0 Å². The summed E-state index contributed by atoms with van der Waals surface area (Å²) in [6.07, 6.45) is 0. The molecule has 0 bridgehead atoms. The summed E-state index contributed by atoms with van der Waals surface area (Å²) in [6.45, 7) is 1.74. The molecule has 5 nitrogen and oxygen atoms in total. The molecule has 1 N–H and O–H groups in total. The standard InChI is InChI=1S/C22H20F2N2O3S/c1-15(16-6-8-18(23)9-7-16)25-22(27)17-4-3-5-21(14-17)30(28,29)26(2)20-12-10-19(24)11-13-20/h3-15H,1-2H3,(H,25,27). The summed E-state index contributed by atoms with van der Waals surface area (Å²) in [6, 6.07) is 16.0. The lowest BCUT2D eigenvalue weighted by atomic mass is 10.1. The SMILES string of the molecule is CC(NC(=O)c1cccc(S(=O)(=O)N(C)c2ccc(F)cc2)c1)c1ccc(F)cc1. The second-order valence-corrected chi connectivity index (χ2v) is 8.69. The van der Waals surface area contributed by atoms with Crippen LogP contribution in [0.3, 0.4) is 0 Å². The number of benzene rings is 3. The molecule has 0 aliphatic rings. The summed E-state index contributed by atoms with van der Waals surface area (Å²) in [4.78, 5) is 12.5. The number of carbonyl (C=O) groups is 1. The Hall–Kier alpha value is -3.26. The topological polar surface area (TPSA) is 66.5 Å². The average molecular weight is 430 g/mol.